The van der Waals surface area contributed by atoms with E-state index in [2.05, 4.69) is 187 Å². The van der Waals surface area contributed by atoms with Crippen molar-refractivity contribution in [3.8, 4) is 51.2 Å². The first-order valence-corrected chi connectivity index (χ1v) is 18.5. The van der Waals surface area contributed by atoms with Gasteiger partial charge in [-0.05, 0) is 56.6 Å². The lowest BCUT2D eigenvalue weighted by Gasteiger charge is -2.14. The molecule has 11 aromatic rings. The van der Waals surface area contributed by atoms with Crippen LogP contribution in [-0.4, -0.2) is 24.5 Å². The van der Waals surface area contributed by atoms with Crippen molar-refractivity contribution >= 4 is 54.1 Å². The number of fused-ring (bicyclic) bond motifs is 8. The molecular weight excluding hydrogens is 671 g/mol. The Labute approximate surface area is 316 Å². The molecule has 0 aliphatic carbocycles. The molecule has 0 amide bonds. The van der Waals surface area contributed by atoms with Crippen molar-refractivity contribution in [2.45, 2.75) is 0 Å². The van der Waals surface area contributed by atoms with Gasteiger partial charge in [-0.15, -0.1) is 0 Å². The van der Waals surface area contributed by atoms with E-state index in [0.29, 0.717) is 17.5 Å². The van der Waals surface area contributed by atoms with Gasteiger partial charge < -0.3 is 0 Å². The zero-order valence-electron chi connectivity index (χ0n) is 29.6. The van der Waals surface area contributed by atoms with E-state index in [0.717, 1.165) is 77.1 Å². The lowest BCUT2D eigenvalue weighted by Crippen LogP contribution is -2.02. The molecular formula is C50H31N5. The molecule has 5 nitrogen and oxygen atoms in total. The van der Waals surface area contributed by atoms with Gasteiger partial charge in [-0.2, -0.15) is 0 Å². The molecule has 0 fully saturated rings. The summed E-state index contributed by atoms with van der Waals surface area (Å²) in [4.78, 5) is 20.9. The molecule has 5 heteroatoms. The van der Waals surface area contributed by atoms with E-state index in [1.54, 1.807) is 0 Å². The first-order valence-electron chi connectivity index (χ1n) is 18.5. The summed E-state index contributed by atoms with van der Waals surface area (Å²) in [5.74, 6) is 2.78. The Morgan fingerprint density at radius 2 is 0.782 bits per heavy atom. The van der Waals surface area contributed by atoms with Gasteiger partial charge in [0.05, 0.1) is 11.0 Å². The van der Waals surface area contributed by atoms with Gasteiger partial charge in [0.15, 0.2) is 17.5 Å². The van der Waals surface area contributed by atoms with Gasteiger partial charge in [-0.1, -0.05) is 164 Å². The molecule has 0 atom stereocenters. The maximum absolute atomic E-state index is 5.39. The second-order valence-corrected chi connectivity index (χ2v) is 13.8. The van der Waals surface area contributed by atoms with Crippen molar-refractivity contribution < 1.29 is 0 Å². The first kappa shape index (κ1) is 31.1. The van der Waals surface area contributed by atoms with Crippen molar-refractivity contribution in [3.05, 3.63) is 188 Å². The lowest BCUT2D eigenvalue weighted by atomic mass is 10.00. The molecule has 0 aliphatic heterocycles. The molecule has 0 bridgehead atoms. The molecule has 256 valence electrons. The van der Waals surface area contributed by atoms with Gasteiger partial charge in [0.1, 0.15) is 5.82 Å². The zero-order valence-corrected chi connectivity index (χ0v) is 29.6. The van der Waals surface area contributed by atoms with E-state index in [1.165, 1.54) is 10.8 Å². The molecule has 9 aromatic carbocycles. The van der Waals surface area contributed by atoms with Crippen LogP contribution in [0.1, 0.15) is 0 Å². The number of aromatic nitrogens is 5. The average molecular weight is 702 g/mol. The highest BCUT2D eigenvalue weighted by Gasteiger charge is 2.21. The van der Waals surface area contributed by atoms with E-state index in [9.17, 15) is 0 Å². The smallest absolute Gasteiger partial charge is 0.164 e. The summed E-state index contributed by atoms with van der Waals surface area (Å²) in [5, 5.41) is 9.17. The predicted molar refractivity (Wildman–Crippen MR) is 226 cm³/mol. The third-order valence-electron chi connectivity index (χ3n) is 10.6. The average Bonchev–Trinajstić information content (AvgIpc) is 3.68. The fourth-order valence-corrected chi connectivity index (χ4v) is 8.08. The van der Waals surface area contributed by atoms with Gasteiger partial charge in [0, 0.05) is 38.7 Å². The van der Waals surface area contributed by atoms with Gasteiger partial charge in [0.25, 0.3) is 0 Å². The number of hydrogen-bond donors (Lipinski definition) is 0. The van der Waals surface area contributed by atoms with Crippen molar-refractivity contribution in [3.63, 3.8) is 0 Å². The number of nitrogens with zero attached hydrogens (tertiary/aromatic N) is 5. The van der Waals surface area contributed by atoms with Crippen LogP contribution in [0.25, 0.3) is 105 Å². The Hall–Kier alpha value is -7.50. The first-order chi connectivity index (χ1) is 27.3. The van der Waals surface area contributed by atoms with Gasteiger partial charge in [-0.25, -0.2) is 19.9 Å². The summed E-state index contributed by atoms with van der Waals surface area (Å²) >= 11 is 0. The Kier molecular flexibility index (Phi) is 7.10. The van der Waals surface area contributed by atoms with Gasteiger partial charge in [-0.3, -0.25) is 4.57 Å². The van der Waals surface area contributed by atoms with Crippen LogP contribution in [0.5, 0.6) is 0 Å². The molecule has 0 spiro atoms. The summed E-state index contributed by atoms with van der Waals surface area (Å²) < 4.78 is 2.31. The fraction of sp³-hybridized carbons (Fsp3) is 0. The predicted octanol–water partition coefficient (Wildman–Crippen LogP) is 12.5. The molecule has 0 N–H and O–H groups in total. The lowest BCUT2D eigenvalue weighted by molar-refractivity contribution is 1.07. The van der Waals surface area contributed by atoms with Crippen molar-refractivity contribution in [1.29, 1.82) is 0 Å². The van der Waals surface area contributed by atoms with E-state index < -0.39 is 0 Å². The van der Waals surface area contributed by atoms with E-state index in [1.807, 2.05) is 6.07 Å². The van der Waals surface area contributed by atoms with Gasteiger partial charge >= 0.3 is 0 Å². The van der Waals surface area contributed by atoms with Crippen LogP contribution in [0.15, 0.2) is 188 Å². The van der Waals surface area contributed by atoms with Crippen LogP contribution >= 0.6 is 0 Å². The minimum Gasteiger partial charge on any atom is -0.292 e. The van der Waals surface area contributed by atoms with E-state index in [-0.39, 0.29) is 0 Å². The van der Waals surface area contributed by atoms with Crippen LogP contribution in [-0.2, 0) is 0 Å². The molecule has 11 rings (SSSR count). The molecule has 55 heavy (non-hydrogen) atoms. The van der Waals surface area contributed by atoms with Crippen molar-refractivity contribution in [2.24, 2.45) is 0 Å². The van der Waals surface area contributed by atoms with E-state index in [4.69, 9.17) is 19.9 Å². The maximum atomic E-state index is 5.39. The summed E-state index contributed by atoms with van der Waals surface area (Å²) in [6, 6.07) is 65.6. The molecule has 0 unspecified atom stereocenters. The third kappa shape index (κ3) is 5.09. The number of rotatable bonds is 5. The van der Waals surface area contributed by atoms with Crippen molar-refractivity contribution in [2.75, 3.05) is 0 Å². The standard InChI is InChI=1S/C50H31N5/c1-2-16-35(17-3-1)50-51-45-41-24-10-8-22-39(41)40-23-9-11-25-42(40)46(45)55(50)36-30-28-34(29-31-36)47-52-48(43-26-12-18-32-14-4-6-20-37(32)43)54-49(53-47)44-27-13-19-33-15-5-7-21-38(33)44/h1-31H. The summed E-state index contributed by atoms with van der Waals surface area (Å²) in [5.41, 5.74) is 6.95. The van der Waals surface area contributed by atoms with Gasteiger partial charge in [0.2, 0.25) is 0 Å². The number of benzene rings is 9. The monoisotopic (exact) mass is 701 g/mol. The summed E-state index contributed by atoms with van der Waals surface area (Å²) in [7, 11) is 0. The highest BCUT2D eigenvalue weighted by atomic mass is 15.1. The van der Waals surface area contributed by atoms with Crippen LogP contribution < -0.4 is 0 Å². The van der Waals surface area contributed by atoms with Crippen LogP contribution in [0.3, 0.4) is 0 Å². The number of imidazole rings is 1. The highest BCUT2D eigenvalue weighted by molar-refractivity contribution is 6.24. The van der Waals surface area contributed by atoms with Crippen molar-refractivity contribution in [1.82, 2.24) is 24.5 Å². The topological polar surface area (TPSA) is 56.5 Å². The minimum atomic E-state index is 0.614. The fourth-order valence-electron chi connectivity index (χ4n) is 8.08. The Morgan fingerprint density at radius 1 is 0.309 bits per heavy atom. The minimum absolute atomic E-state index is 0.614. The molecule has 0 aliphatic rings. The molecule has 0 saturated carbocycles. The highest BCUT2D eigenvalue weighted by Crippen LogP contribution is 2.40. The Bertz CT molecular complexity index is 3150. The van der Waals surface area contributed by atoms with Crippen LogP contribution in [0, 0.1) is 0 Å². The number of hydrogen-bond acceptors (Lipinski definition) is 4. The summed E-state index contributed by atoms with van der Waals surface area (Å²) in [6.07, 6.45) is 0. The third-order valence-corrected chi connectivity index (χ3v) is 10.6. The Balaban J connectivity index is 1.13. The molecule has 2 heterocycles. The molecule has 0 saturated heterocycles. The largest absolute Gasteiger partial charge is 0.292 e. The second-order valence-electron chi connectivity index (χ2n) is 13.8. The van der Waals surface area contributed by atoms with E-state index >= 15 is 0 Å². The zero-order chi connectivity index (χ0) is 36.3. The molecule has 2 aromatic heterocycles. The summed E-state index contributed by atoms with van der Waals surface area (Å²) in [6.45, 7) is 0. The normalized spacial score (nSPS) is 11.6. The Morgan fingerprint density at radius 3 is 1.40 bits per heavy atom. The van der Waals surface area contributed by atoms with Crippen LogP contribution in [0.4, 0.5) is 0 Å². The van der Waals surface area contributed by atoms with Crippen LogP contribution in [0.2, 0.25) is 0 Å². The quantitative estimate of drug-likeness (QED) is 0.168. The second kappa shape index (κ2) is 12.6. The maximum Gasteiger partial charge on any atom is 0.164 e. The molecule has 0 radical (unpaired) electrons. The SMILES string of the molecule is c1ccc(-c2nc3c4ccccc4c4ccccc4c3n2-c2ccc(-c3nc(-c4cccc5ccccc45)nc(-c4cccc5ccccc45)n3)cc2)cc1.